The highest BCUT2D eigenvalue weighted by Crippen LogP contribution is 2.29. The number of nitrogens with zero attached hydrogens (tertiary/aromatic N) is 1. The van der Waals surface area contributed by atoms with Gasteiger partial charge in [-0.25, -0.2) is 0 Å². The van der Waals surface area contributed by atoms with Crippen molar-refractivity contribution in [2.24, 2.45) is 0 Å². The molecule has 0 N–H and O–H groups in total. The summed E-state index contributed by atoms with van der Waals surface area (Å²) in [6.07, 6.45) is 0. The molecule has 0 aromatic heterocycles. The molecule has 126 valence electrons. The number of benzene rings is 2. The van der Waals surface area contributed by atoms with E-state index in [-0.39, 0.29) is 18.0 Å². The first-order valence-electron chi connectivity index (χ1n) is 6.85. The summed E-state index contributed by atoms with van der Waals surface area (Å²) in [5.74, 6) is 0.254. The molecule has 0 spiro atoms. The first kappa shape index (κ1) is 18.3. The molecule has 0 saturated heterocycles. The Kier molecular flexibility index (Phi) is 6.62. The van der Waals surface area contributed by atoms with E-state index in [1.165, 1.54) is 6.07 Å². The van der Waals surface area contributed by atoms with Crippen molar-refractivity contribution in [2.75, 3.05) is 12.9 Å². The van der Waals surface area contributed by atoms with Crippen LogP contribution < -0.4 is 4.74 Å². The molecule has 0 radical (unpaired) electrons. The van der Waals surface area contributed by atoms with Crippen molar-refractivity contribution in [3.05, 3.63) is 62.6 Å². The predicted octanol–water partition coefficient (Wildman–Crippen LogP) is 4.20. The van der Waals surface area contributed by atoms with Crippen molar-refractivity contribution in [3.8, 4) is 5.75 Å². The monoisotopic (exact) mass is 411 g/mol. The lowest BCUT2D eigenvalue weighted by Crippen LogP contribution is -2.07. The van der Waals surface area contributed by atoms with Crippen molar-refractivity contribution in [3.63, 3.8) is 0 Å². The summed E-state index contributed by atoms with van der Waals surface area (Å²) < 4.78 is 11.1. The van der Waals surface area contributed by atoms with Crippen LogP contribution in [0.2, 0.25) is 0 Å². The molecule has 6 nitrogen and oxygen atoms in total. The number of methoxy groups -OCH3 is 1. The van der Waals surface area contributed by atoms with Crippen molar-refractivity contribution >= 4 is 39.3 Å². The zero-order valence-corrected chi connectivity index (χ0v) is 15.1. The van der Waals surface area contributed by atoms with E-state index in [4.69, 9.17) is 9.47 Å². The average Bonchev–Trinajstić information content (AvgIpc) is 2.58. The van der Waals surface area contributed by atoms with Gasteiger partial charge in [-0.1, -0.05) is 18.2 Å². The maximum Gasteiger partial charge on any atom is 0.316 e. The summed E-state index contributed by atoms with van der Waals surface area (Å²) in [5, 5.41) is 10.9. The molecule has 0 unspecified atom stereocenters. The SMILES string of the molecule is COc1ccc(COC(=O)CSc2ccccc2[N+](=O)[O-])cc1Br. The third-order valence-electron chi connectivity index (χ3n) is 3.02. The van der Waals surface area contributed by atoms with Gasteiger partial charge in [0.05, 0.1) is 27.2 Å². The van der Waals surface area contributed by atoms with E-state index in [0.29, 0.717) is 10.6 Å². The number of carbonyl (C=O) groups is 1. The first-order chi connectivity index (χ1) is 11.5. The molecule has 2 aromatic rings. The van der Waals surface area contributed by atoms with Crippen LogP contribution in [0.15, 0.2) is 51.8 Å². The van der Waals surface area contributed by atoms with Crippen molar-refractivity contribution in [1.82, 2.24) is 0 Å². The predicted molar refractivity (Wildman–Crippen MR) is 94.3 cm³/mol. The number of hydrogen-bond acceptors (Lipinski definition) is 6. The lowest BCUT2D eigenvalue weighted by Gasteiger charge is -2.08. The van der Waals surface area contributed by atoms with Crippen LogP contribution in [0.25, 0.3) is 0 Å². The van der Waals surface area contributed by atoms with Crippen LogP contribution in [0, 0.1) is 10.1 Å². The second kappa shape index (κ2) is 8.70. The Balaban J connectivity index is 1.88. The lowest BCUT2D eigenvalue weighted by atomic mass is 10.2. The number of rotatable bonds is 7. The minimum Gasteiger partial charge on any atom is -0.496 e. The minimum absolute atomic E-state index is 0.00216. The number of para-hydroxylation sites is 1. The maximum atomic E-state index is 11.8. The Hall–Kier alpha value is -2.06. The molecule has 24 heavy (non-hydrogen) atoms. The fraction of sp³-hybridized carbons (Fsp3) is 0.188. The van der Waals surface area contributed by atoms with Crippen LogP contribution in [0.1, 0.15) is 5.56 Å². The Morgan fingerprint density at radius 2 is 2.04 bits per heavy atom. The quantitative estimate of drug-likeness (QED) is 0.294. The van der Waals surface area contributed by atoms with Crippen LogP contribution >= 0.6 is 27.7 Å². The molecule has 0 amide bonds. The van der Waals surface area contributed by atoms with E-state index >= 15 is 0 Å². The van der Waals surface area contributed by atoms with E-state index in [9.17, 15) is 14.9 Å². The molecule has 0 fully saturated rings. The molecule has 0 bridgehead atoms. The third-order valence-corrected chi connectivity index (χ3v) is 4.68. The third kappa shape index (κ3) is 4.97. The van der Waals surface area contributed by atoms with Crippen LogP contribution in [0.3, 0.4) is 0 Å². The zero-order valence-electron chi connectivity index (χ0n) is 12.7. The maximum absolute atomic E-state index is 11.8. The second-order valence-corrected chi connectivity index (χ2v) is 6.51. The normalized spacial score (nSPS) is 10.2. The van der Waals surface area contributed by atoms with Gasteiger partial charge >= 0.3 is 5.97 Å². The Labute approximate surface area is 151 Å². The number of thioether (sulfide) groups is 1. The van der Waals surface area contributed by atoms with Gasteiger partial charge < -0.3 is 9.47 Å². The number of hydrogen-bond donors (Lipinski definition) is 0. The highest BCUT2D eigenvalue weighted by Gasteiger charge is 2.15. The summed E-state index contributed by atoms with van der Waals surface area (Å²) in [4.78, 5) is 22.7. The van der Waals surface area contributed by atoms with Crippen LogP contribution in [-0.2, 0) is 16.1 Å². The van der Waals surface area contributed by atoms with Gasteiger partial charge in [0, 0.05) is 6.07 Å². The number of halogens is 1. The molecular formula is C16H14BrNO5S. The Morgan fingerprint density at radius 3 is 2.71 bits per heavy atom. The number of esters is 1. The smallest absolute Gasteiger partial charge is 0.316 e. The molecule has 2 rings (SSSR count). The van der Waals surface area contributed by atoms with E-state index in [0.717, 1.165) is 21.8 Å². The fourth-order valence-corrected chi connectivity index (χ4v) is 3.28. The molecule has 0 aliphatic heterocycles. The van der Waals surface area contributed by atoms with Gasteiger partial charge in [0.2, 0.25) is 0 Å². The minimum atomic E-state index is -0.470. The van der Waals surface area contributed by atoms with Crippen LogP contribution in [0.4, 0.5) is 5.69 Å². The highest BCUT2D eigenvalue weighted by atomic mass is 79.9. The van der Waals surface area contributed by atoms with Gasteiger partial charge in [0.25, 0.3) is 5.69 Å². The van der Waals surface area contributed by atoms with Crippen LogP contribution in [0.5, 0.6) is 5.75 Å². The molecule has 0 atom stereocenters. The van der Waals surface area contributed by atoms with E-state index in [2.05, 4.69) is 15.9 Å². The van der Waals surface area contributed by atoms with Gasteiger partial charge in [-0.05, 0) is 39.7 Å². The number of ether oxygens (including phenoxy) is 2. The molecule has 0 heterocycles. The van der Waals surface area contributed by atoms with Crippen molar-refractivity contribution < 1.29 is 19.2 Å². The summed E-state index contributed by atoms with van der Waals surface area (Å²) in [5.41, 5.74) is 0.793. The second-order valence-electron chi connectivity index (χ2n) is 4.64. The number of carbonyl (C=O) groups excluding carboxylic acids is 1. The molecular weight excluding hydrogens is 398 g/mol. The topological polar surface area (TPSA) is 78.7 Å². The number of nitro groups is 1. The largest absolute Gasteiger partial charge is 0.496 e. The van der Waals surface area contributed by atoms with Gasteiger partial charge in [-0.15, -0.1) is 11.8 Å². The summed E-state index contributed by atoms with van der Waals surface area (Å²) in [6.45, 7) is 0.124. The first-order valence-corrected chi connectivity index (χ1v) is 8.63. The Morgan fingerprint density at radius 1 is 1.29 bits per heavy atom. The van der Waals surface area contributed by atoms with Crippen molar-refractivity contribution in [2.45, 2.75) is 11.5 Å². The van der Waals surface area contributed by atoms with Gasteiger partial charge in [-0.2, -0.15) is 0 Å². The average molecular weight is 412 g/mol. The van der Waals surface area contributed by atoms with Crippen molar-refractivity contribution in [1.29, 1.82) is 0 Å². The molecule has 8 heteroatoms. The van der Waals surface area contributed by atoms with Gasteiger partial charge in [-0.3, -0.25) is 14.9 Å². The number of nitro benzene ring substituents is 1. The molecule has 0 aliphatic rings. The zero-order chi connectivity index (χ0) is 17.5. The molecule has 2 aromatic carbocycles. The summed E-state index contributed by atoms with van der Waals surface area (Å²) >= 11 is 4.45. The van der Waals surface area contributed by atoms with E-state index < -0.39 is 10.9 Å². The standard InChI is InChI=1S/C16H14BrNO5S/c1-22-14-7-6-11(8-12(14)17)9-23-16(19)10-24-15-5-3-2-4-13(15)18(20)21/h2-8H,9-10H2,1H3. The summed E-state index contributed by atoms with van der Waals surface area (Å²) in [7, 11) is 1.57. The molecule has 0 saturated carbocycles. The van der Waals surface area contributed by atoms with Gasteiger partial charge in [0.15, 0.2) is 0 Å². The van der Waals surface area contributed by atoms with Crippen LogP contribution in [-0.4, -0.2) is 23.8 Å². The highest BCUT2D eigenvalue weighted by molar-refractivity contribution is 9.10. The lowest BCUT2D eigenvalue weighted by molar-refractivity contribution is -0.387. The van der Waals surface area contributed by atoms with E-state index in [1.54, 1.807) is 43.5 Å². The Bertz CT molecular complexity index is 753. The van der Waals surface area contributed by atoms with E-state index in [1.807, 2.05) is 0 Å². The summed E-state index contributed by atoms with van der Waals surface area (Å²) in [6, 6.07) is 11.7. The van der Waals surface area contributed by atoms with Gasteiger partial charge in [0.1, 0.15) is 12.4 Å². The molecule has 0 aliphatic carbocycles. The fourth-order valence-electron chi connectivity index (χ4n) is 1.87.